The van der Waals surface area contributed by atoms with Gasteiger partial charge in [0.2, 0.25) is 5.91 Å². The van der Waals surface area contributed by atoms with Crippen molar-refractivity contribution in [3.8, 4) is 0 Å². The molecule has 0 aromatic carbocycles. The molecule has 2 heterocycles. The predicted molar refractivity (Wildman–Crippen MR) is 91.7 cm³/mol. The van der Waals surface area contributed by atoms with Crippen molar-refractivity contribution in [2.75, 3.05) is 26.7 Å². The zero-order chi connectivity index (χ0) is 17.1. The second kappa shape index (κ2) is 7.72. The third-order valence-corrected chi connectivity index (χ3v) is 5.84. The van der Waals surface area contributed by atoms with E-state index in [0.717, 1.165) is 44.8 Å². The molecule has 1 aliphatic carbocycles. The largest absolute Gasteiger partial charge is 0.376 e. The summed E-state index contributed by atoms with van der Waals surface area (Å²) in [4.78, 5) is 28.7. The maximum absolute atomic E-state index is 12.9. The number of hydrogen-bond acceptors (Lipinski definition) is 3. The highest BCUT2D eigenvalue weighted by Gasteiger charge is 2.35. The Morgan fingerprint density at radius 1 is 1.25 bits per heavy atom. The highest BCUT2D eigenvalue weighted by atomic mass is 16.5. The van der Waals surface area contributed by atoms with Gasteiger partial charge in [-0.05, 0) is 50.9 Å². The Hall–Kier alpha value is -1.30. The van der Waals surface area contributed by atoms with Crippen LogP contribution in [0.3, 0.4) is 0 Å². The Bertz CT molecular complexity index is 456. The Labute approximate surface area is 144 Å². The van der Waals surface area contributed by atoms with Crippen LogP contribution in [0.4, 0.5) is 4.79 Å². The topological polar surface area (TPSA) is 61.9 Å². The number of amides is 3. The SMILES string of the molecule is CC1CCC(N(C[C@H]2CCCO2)C(=O)N[C@H]2CCN(C)C2=O)CC1. The zero-order valence-electron chi connectivity index (χ0n) is 15.0. The highest BCUT2D eigenvalue weighted by molar-refractivity contribution is 5.88. The van der Waals surface area contributed by atoms with Crippen LogP contribution < -0.4 is 5.32 Å². The number of likely N-dealkylation sites (N-methyl/N-ethyl adjacent to an activating group) is 1. The molecule has 0 bridgehead atoms. The first-order valence-electron chi connectivity index (χ1n) is 9.48. The lowest BCUT2D eigenvalue weighted by Crippen LogP contribution is -2.53. The quantitative estimate of drug-likeness (QED) is 0.853. The molecule has 0 radical (unpaired) electrons. The van der Waals surface area contributed by atoms with Crippen molar-refractivity contribution in [2.24, 2.45) is 5.92 Å². The number of hydrogen-bond donors (Lipinski definition) is 1. The molecule has 2 saturated heterocycles. The Kier molecular flexibility index (Phi) is 5.64. The first-order chi connectivity index (χ1) is 11.5. The molecule has 3 amide bonds. The zero-order valence-corrected chi connectivity index (χ0v) is 15.0. The fourth-order valence-electron chi connectivity index (χ4n) is 4.15. The van der Waals surface area contributed by atoms with Gasteiger partial charge in [0.25, 0.3) is 0 Å². The summed E-state index contributed by atoms with van der Waals surface area (Å²) >= 11 is 0. The summed E-state index contributed by atoms with van der Waals surface area (Å²) in [6.45, 7) is 4.46. The van der Waals surface area contributed by atoms with Gasteiger partial charge in [-0.15, -0.1) is 0 Å². The minimum absolute atomic E-state index is 0.0256. The third-order valence-electron chi connectivity index (χ3n) is 5.84. The molecule has 0 spiro atoms. The van der Waals surface area contributed by atoms with Crippen LogP contribution in [0.2, 0.25) is 0 Å². The van der Waals surface area contributed by atoms with Crippen LogP contribution in [-0.4, -0.2) is 66.7 Å². The van der Waals surface area contributed by atoms with Crippen molar-refractivity contribution in [1.29, 1.82) is 0 Å². The van der Waals surface area contributed by atoms with Crippen LogP contribution in [0.15, 0.2) is 0 Å². The number of nitrogens with zero attached hydrogens (tertiary/aromatic N) is 2. The van der Waals surface area contributed by atoms with Crippen LogP contribution in [0.5, 0.6) is 0 Å². The fourth-order valence-corrected chi connectivity index (χ4v) is 4.15. The number of rotatable bonds is 4. The molecule has 6 heteroatoms. The summed E-state index contributed by atoms with van der Waals surface area (Å²) in [5, 5.41) is 2.98. The van der Waals surface area contributed by atoms with E-state index < -0.39 is 0 Å². The molecule has 0 aromatic heterocycles. The lowest BCUT2D eigenvalue weighted by molar-refractivity contribution is -0.128. The van der Waals surface area contributed by atoms with E-state index in [1.807, 2.05) is 4.90 Å². The number of likely N-dealkylation sites (tertiary alicyclic amines) is 1. The van der Waals surface area contributed by atoms with Gasteiger partial charge in [-0.3, -0.25) is 4.79 Å². The molecule has 2 atom stereocenters. The molecule has 1 saturated carbocycles. The minimum Gasteiger partial charge on any atom is -0.376 e. The summed E-state index contributed by atoms with van der Waals surface area (Å²) < 4.78 is 5.76. The molecule has 3 fully saturated rings. The lowest BCUT2D eigenvalue weighted by atomic mass is 9.86. The van der Waals surface area contributed by atoms with Gasteiger partial charge >= 0.3 is 6.03 Å². The van der Waals surface area contributed by atoms with E-state index in [-0.39, 0.29) is 30.1 Å². The maximum Gasteiger partial charge on any atom is 0.318 e. The Morgan fingerprint density at radius 3 is 2.58 bits per heavy atom. The normalized spacial score (nSPS) is 33.8. The van der Waals surface area contributed by atoms with E-state index in [0.29, 0.717) is 13.0 Å². The van der Waals surface area contributed by atoms with Crippen LogP contribution >= 0.6 is 0 Å². The molecule has 136 valence electrons. The smallest absolute Gasteiger partial charge is 0.318 e. The van der Waals surface area contributed by atoms with Gasteiger partial charge in [-0.25, -0.2) is 4.79 Å². The van der Waals surface area contributed by atoms with Gasteiger partial charge in [0.15, 0.2) is 0 Å². The first kappa shape index (κ1) is 17.5. The van der Waals surface area contributed by atoms with E-state index in [1.54, 1.807) is 11.9 Å². The van der Waals surface area contributed by atoms with E-state index in [9.17, 15) is 9.59 Å². The Morgan fingerprint density at radius 2 is 2.00 bits per heavy atom. The first-order valence-corrected chi connectivity index (χ1v) is 9.48. The second-order valence-electron chi connectivity index (χ2n) is 7.75. The molecule has 3 aliphatic rings. The molecule has 2 aliphatic heterocycles. The van der Waals surface area contributed by atoms with E-state index in [2.05, 4.69) is 12.2 Å². The van der Waals surface area contributed by atoms with Gasteiger partial charge in [-0.2, -0.15) is 0 Å². The fraction of sp³-hybridized carbons (Fsp3) is 0.889. The van der Waals surface area contributed by atoms with Crippen molar-refractivity contribution in [3.05, 3.63) is 0 Å². The average molecular weight is 337 g/mol. The van der Waals surface area contributed by atoms with Crippen molar-refractivity contribution in [3.63, 3.8) is 0 Å². The molecule has 24 heavy (non-hydrogen) atoms. The van der Waals surface area contributed by atoms with E-state index >= 15 is 0 Å². The van der Waals surface area contributed by atoms with Crippen molar-refractivity contribution in [1.82, 2.24) is 15.1 Å². The summed E-state index contributed by atoms with van der Waals surface area (Å²) in [6, 6.07) is -0.171. The predicted octanol–water partition coefficient (Wildman–Crippen LogP) is 1.99. The lowest BCUT2D eigenvalue weighted by Gasteiger charge is -2.37. The van der Waals surface area contributed by atoms with Crippen LogP contribution in [0.1, 0.15) is 51.9 Å². The van der Waals surface area contributed by atoms with E-state index in [4.69, 9.17) is 4.74 Å². The number of urea groups is 1. The second-order valence-corrected chi connectivity index (χ2v) is 7.75. The third kappa shape index (κ3) is 4.02. The van der Waals surface area contributed by atoms with Gasteiger partial charge in [0, 0.05) is 32.8 Å². The molecular formula is C18H31N3O3. The Balaban J connectivity index is 1.63. The number of carbonyl (C=O) groups excluding carboxylic acids is 2. The average Bonchev–Trinajstić information content (AvgIpc) is 3.19. The molecule has 0 unspecified atom stereocenters. The summed E-state index contributed by atoms with van der Waals surface area (Å²) in [5.41, 5.74) is 0. The monoisotopic (exact) mass is 337 g/mol. The van der Waals surface area contributed by atoms with Crippen molar-refractivity contribution >= 4 is 11.9 Å². The maximum atomic E-state index is 12.9. The molecule has 0 aromatic rings. The van der Waals surface area contributed by atoms with Crippen molar-refractivity contribution in [2.45, 2.75) is 70.1 Å². The molecule has 1 N–H and O–H groups in total. The summed E-state index contributed by atoms with van der Waals surface area (Å²) in [5.74, 6) is 0.775. The van der Waals surface area contributed by atoms with Crippen LogP contribution in [0.25, 0.3) is 0 Å². The van der Waals surface area contributed by atoms with Crippen LogP contribution in [0, 0.1) is 5.92 Å². The number of ether oxygens (including phenoxy) is 1. The van der Waals surface area contributed by atoms with Gasteiger partial charge in [-0.1, -0.05) is 6.92 Å². The van der Waals surface area contributed by atoms with Gasteiger partial charge in [0.05, 0.1) is 6.10 Å². The van der Waals surface area contributed by atoms with Crippen molar-refractivity contribution < 1.29 is 14.3 Å². The van der Waals surface area contributed by atoms with Gasteiger partial charge in [0.1, 0.15) is 6.04 Å². The standard InChI is InChI=1S/C18H31N3O3/c1-13-5-7-14(8-6-13)21(12-15-4-3-11-24-15)18(23)19-16-9-10-20(2)17(16)22/h13-16H,3-12H2,1-2H3,(H,19,23)/t13?,14?,15-,16+/m1/s1. The summed E-state index contributed by atoms with van der Waals surface area (Å²) in [7, 11) is 1.79. The highest BCUT2D eigenvalue weighted by Crippen LogP contribution is 2.28. The number of carbonyl (C=O) groups is 2. The summed E-state index contributed by atoms with van der Waals surface area (Å²) in [6.07, 6.45) is 7.41. The molecular weight excluding hydrogens is 306 g/mol. The van der Waals surface area contributed by atoms with E-state index in [1.165, 1.54) is 12.8 Å². The van der Waals surface area contributed by atoms with Crippen LogP contribution in [-0.2, 0) is 9.53 Å². The molecule has 3 rings (SSSR count). The van der Waals surface area contributed by atoms with Gasteiger partial charge < -0.3 is 19.9 Å². The minimum atomic E-state index is -0.364. The number of nitrogens with one attached hydrogen (secondary N) is 1. The molecule has 6 nitrogen and oxygen atoms in total.